The Kier molecular flexibility index (Phi) is 3.44. The molecule has 0 spiro atoms. The van der Waals surface area contributed by atoms with Crippen molar-refractivity contribution in [3.05, 3.63) is 0 Å². The van der Waals surface area contributed by atoms with Gasteiger partial charge in [0.25, 0.3) is 0 Å². The Bertz CT molecular complexity index is 116. The summed E-state index contributed by atoms with van der Waals surface area (Å²) in [5.74, 6) is 2.71. The molecule has 11 heavy (non-hydrogen) atoms. The molecule has 0 saturated heterocycles. The molecule has 0 aromatic rings. The minimum Gasteiger partial charge on any atom is -0.330 e. The third-order valence-electron chi connectivity index (χ3n) is 3.04. The van der Waals surface area contributed by atoms with Crippen molar-refractivity contribution >= 4 is 7.85 Å². The molecule has 3 unspecified atom stereocenters. The fourth-order valence-electron chi connectivity index (χ4n) is 2.53. The van der Waals surface area contributed by atoms with Gasteiger partial charge in [0.2, 0.25) is 0 Å². The molecule has 2 heteroatoms. The molecule has 64 valence electrons. The van der Waals surface area contributed by atoms with Crippen LogP contribution in [0.3, 0.4) is 0 Å². The maximum atomic E-state index is 5.72. The summed E-state index contributed by atoms with van der Waals surface area (Å²) in [6.45, 7) is 3.19. The van der Waals surface area contributed by atoms with Gasteiger partial charge in [-0.2, -0.15) is 0 Å². The van der Waals surface area contributed by atoms with Crippen molar-refractivity contribution in [2.75, 3.05) is 6.54 Å². The zero-order valence-corrected chi connectivity index (χ0v) is 7.84. The molecule has 1 aliphatic rings. The fraction of sp³-hybridized carbons (Fsp3) is 1.00. The quantitative estimate of drug-likeness (QED) is 0.605. The molecular formula is C9H20BN. The van der Waals surface area contributed by atoms with E-state index in [1.54, 1.807) is 0 Å². The highest BCUT2D eigenvalue weighted by Crippen LogP contribution is 2.40. The molecule has 1 rings (SSSR count). The minimum absolute atomic E-state index is 0.838. The average molecular weight is 153 g/mol. The number of hydrogen-bond donors (Lipinski definition) is 1. The standard InChI is InChI=1S/C9H20BN/c1-2-3-7-4-9(10)5-8(7)6-11/h7-9H,2-6,10-11H2,1H3. The van der Waals surface area contributed by atoms with Crippen molar-refractivity contribution in [1.29, 1.82) is 0 Å². The summed E-state index contributed by atoms with van der Waals surface area (Å²) in [4.78, 5) is 0. The molecule has 0 aliphatic heterocycles. The first-order valence-corrected chi connectivity index (χ1v) is 4.98. The number of rotatable bonds is 3. The van der Waals surface area contributed by atoms with Crippen LogP contribution < -0.4 is 5.73 Å². The largest absolute Gasteiger partial charge is 0.330 e. The number of nitrogens with two attached hydrogens (primary N) is 1. The van der Waals surface area contributed by atoms with E-state index in [4.69, 9.17) is 5.73 Å². The zero-order valence-electron chi connectivity index (χ0n) is 7.84. The highest BCUT2D eigenvalue weighted by molar-refractivity contribution is 6.11. The Morgan fingerprint density at radius 1 is 1.36 bits per heavy atom. The lowest BCUT2D eigenvalue weighted by molar-refractivity contribution is 0.369. The second-order valence-electron chi connectivity index (χ2n) is 4.12. The maximum Gasteiger partial charge on any atom is 0.105 e. The second kappa shape index (κ2) is 4.15. The van der Waals surface area contributed by atoms with Crippen molar-refractivity contribution in [3.63, 3.8) is 0 Å². The first-order chi connectivity index (χ1) is 5.27. The van der Waals surface area contributed by atoms with Crippen LogP contribution in [0.2, 0.25) is 5.82 Å². The van der Waals surface area contributed by atoms with Crippen molar-refractivity contribution in [3.8, 4) is 0 Å². The van der Waals surface area contributed by atoms with Gasteiger partial charge in [-0.3, -0.25) is 0 Å². The van der Waals surface area contributed by atoms with Crippen LogP contribution in [0.4, 0.5) is 0 Å². The first kappa shape index (κ1) is 9.12. The van der Waals surface area contributed by atoms with Gasteiger partial charge < -0.3 is 5.73 Å². The molecule has 0 amide bonds. The Balaban J connectivity index is 2.37. The first-order valence-electron chi connectivity index (χ1n) is 4.98. The molecular weight excluding hydrogens is 133 g/mol. The number of hydrogen-bond acceptors (Lipinski definition) is 1. The van der Waals surface area contributed by atoms with Gasteiger partial charge in [0.05, 0.1) is 0 Å². The van der Waals surface area contributed by atoms with Gasteiger partial charge in [-0.25, -0.2) is 0 Å². The molecule has 0 bridgehead atoms. The van der Waals surface area contributed by atoms with Crippen LogP contribution in [-0.4, -0.2) is 14.4 Å². The molecule has 0 radical (unpaired) electrons. The molecule has 1 aliphatic carbocycles. The SMILES string of the molecule is BC1CC(CN)C(CCC)C1. The highest BCUT2D eigenvalue weighted by Gasteiger charge is 2.29. The van der Waals surface area contributed by atoms with Crippen molar-refractivity contribution < 1.29 is 0 Å². The van der Waals surface area contributed by atoms with E-state index in [0.717, 1.165) is 24.2 Å². The Morgan fingerprint density at radius 2 is 2.00 bits per heavy atom. The van der Waals surface area contributed by atoms with Crippen LogP contribution in [0.1, 0.15) is 32.6 Å². The third kappa shape index (κ3) is 2.23. The van der Waals surface area contributed by atoms with Crippen LogP contribution in [0.5, 0.6) is 0 Å². The summed E-state index contributed by atoms with van der Waals surface area (Å²) in [6, 6.07) is 0. The van der Waals surface area contributed by atoms with Crippen LogP contribution in [0.25, 0.3) is 0 Å². The molecule has 0 aromatic heterocycles. The smallest absolute Gasteiger partial charge is 0.105 e. The van der Waals surface area contributed by atoms with Crippen molar-refractivity contribution in [2.45, 2.75) is 38.4 Å². The van der Waals surface area contributed by atoms with Crippen LogP contribution in [-0.2, 0) is 0 Å². The Morgan fingerprint density at radius 3 is 2.55 bits per heavy atom. The fourth-order valence-corrected chi connectivity index (χ4v) is 2.53. The predicted octanol–water partition coefficient (Wildman–Crippen LogP) is 1.19. The van der Waals surface area contributed by atoms with E-state index in [1.165, 1.54) is 25.7 Å². The van der Waals surface area contributed by atoms with Gasteiger partial charge in [0.1, 0.15) is 7.85 Å². The lowest BCUT2D eigenvalue weighted by Gasteiger charge is -2.15. The summed E-state index contributed by atoms with van der Waals surface area (Å²) in [5, 5.41) is 0. The van der Waals surface area contributed by atoms with Gasteiger partial charge in [-0.05, 0) is 18.4 Å². The highest BCUT2D eigenvalue weighted by atomic mass is 14.6. The van der Waals surface area contributed by atoms with Crippen LogP contribution in [0.15, 0.2) is 0 Å². The lowest BCUT2D eigenvalue weighted by atomic mass is 9.85. The van der Waals surface area contributed by atoms with E-state index in [1.807, 2.05) is 0 Å². The molecule has 0 heterocycles. The summed E-state index contributed by atoms with van der Waals surface area (Å²) in [5.41, 5.74) is 5.72. The maximum absolute atomic E-state index is 5.72. The molecule has 3 atom stereocenters. The third-order valence-corrected chi connectivity index (χ3v) is 3.04. The molecule has 1 saturated carbocycles. The summed E-state index contributed by atoms with van der Waals surface area (Å²) >= 11 is 0. The molecule has 1 fully saturated rings. The normalized spacial score (nSPS) is 37.8. The summed E-state index contributed by atoms with van der Waals surface area (Å²) in [7, 11) is 2.36. The summed E-state index contributed by atoms with van der Waals surface area (Å²) in [6.07, 6.45) is 5.52. The second-order valence-corrected chi connectivity index (χ2v) is 4.12. The van der Waals surface area contributed by atoms with Gasteiger partial charge in [-0.15, -0.1) is 0 Å². The van der Waals surface area contributed by atoms with E-state index < -0.39 is 0 Å². The van der Waals surface area contributed by atoms with Gasteiger partial charge in [0.15, 0.2) is 0 Å². The van der Waals surface area contributed by atoms with Crippen molar-refractivity contribution in [2.24, 2.45) is 17.6 Å². The van der Waals surface area contributed by atoms with E-state index in [0.29, 0.717) is 0 Å². The monoisotopic (exact) mass is 153 g/mol. The van der Waals surface area contributed by atoms with Crippen molar-refractivity contribution in [1.82, 2.24) is 0 Å². The minimum atomic E-state index is 0.838. The topological polar surface area (TPSA) is 26.0 Å². The Hall–Kier alpha value is 0.0249. The Labute approximate surface area is 71.1 Å². The van der Waals surface area contributed by atoms with Gasteiger partial charge in [-0.1, -0.05) is 38.4 Å². The van der Waals surface area contributed by atoms with Gasteiger partial charge in [0, 0.05) is 0 Å². The molecule has 1 nitrogen and oxygen atoms in total. The lowest BCUT2D eigenvalue weighted by Crippen LogP contribution is -2.18. The molecule has 2 N–H and O–H groups in total. The van der Waals surface area contributed by atoms with Gasteiger partial charge >= 0.3 is 0 Å². The van der Waals surface area contributed by atoms with Crippen LogP contribution in [0, 0.1) is 11.8 Å². The van der Waals surface area contributed by atoms with E-state index in [-0.39, 0.29) is 0 Å². The predicted molar refractivity (Wildman–Crippen MR) is 52.5 cm³/mol. The van der Waals surface area contributed by atoms with E-state index >= 15 is 0 Å². The van der Waals surface area contributed by atoms with E-state index in [9.17, 15) is 0 Å². The zero-order chi connectivity index (χ0) is 8.27. The average Bonchev–Trinajstić information content (AvgIpc) is 2.32. The molecule has 0 aromatic carbocycles. The summed E-state index contributed by atoms with van der Waals surface area (Å²) < 4.78 is 0. The van der Waals surface area contributed by atoms with E-state index in [2.05, 4.69) is 14.8 Å². The van der Waals surface area contributed by atoms with Crippen LogP contribution >= 0.6 is 0 Å².